The summed E-state index contributed by atoms with van der Waals surface area (Å²) < 4.78 is 27.1. The lowest BCUT2D eigenvalue weighted by atomic mass is 10.1. The Labute approximate surface area is 120 Å². The molecule has 3 nitrogen and oxygen atoms in total. The molecule has 2 N–H and O–H groups in total. The summed E-state index contributed by atoms with van der Waals surface area (Å²) in [5, 5.41) is 10.9. The van der Waals surface area contributed by atoms with Crippen LogP contribution in [0.3, 0.4) is 0 Å². The molecule has 0 unspecified atom stereocenters. The Hall–Kier alpha value is -2.71. The Morgan fingerprint density at radius 2 is 1.90 bits per heavy atom. The van der Waals surface area contributed by atoms with E-state index < -0.39 is 17.5 Å². The lowest BCUT2D eigenvalue weighted by Crippen LogP contribution is -2.13. The lowest BCUT2D eigenvalue weighted by molar-refractivity contribution is 0.102. The molecule has 0 heterocycles. The third kappa shape index (κ3) is 3.65. The van der Waals surface area contributed by atoms with E-state index in [1.54, 1.807) is 6.07 Å². The second-order valence-corrected chi connectivity index (χ2v) is 4.09. The Morgan fingerprint density at radius 1 is 1.14 bits per heavy atom. The molecule has 0 radical (unpaired) electrons. The molecule has 2 rings (SSSR count). The van der Waals surface area contributed by atoms with Gasteiger partial charge in [0.25, 0.3) is 5.91 Å². The summed E-state index contributed by atoms with van der Waals surface area (Å²) >= 11 is 0. The quantitative estimate of drug-likeness (QED) is 0.834. The first kappa shape index (κ1) is 14.7. The fourth-order valence-electron chi connectivity index (χ4n) is 1.65. The maximum absolute atomic E-state index is 13.7. The molecule has 106 valence electrons. The van der Waals surface area contributed by atoms with Crippen LogP contribution in [0.4, 0.5) is 14.5 Å². The zero-order chi connectivity index (χ0) is 15.2. The molecule has 21 heavy (non-hydrogen) atoms. The van der Waals surface area contributed by atoms with Crippen molar-refractivity contribution < 1.29 is 18.7 Å². The Kier molecular flexibility index (Phi) is 4.64. The predicted octanol–water partition coefficient (Wildman–Crippen LogP) is 2.56. The molecule has 5 heteroatoms. The van der Waals surface area contributed by atoms with Crippen LogP contribution >= 0.6 is 0 Å². The summed E-state index contributed by atoms with van der Waals surface area (Å²) in [4.78, 5) is 11.9. The largest absolute Gasteiger partial charge is 0.384 e. The van der Waals surface area contributed by atoms with E-state index in [2.05, 4.69) is 17.2 Å². The van der Waals surface area contributed by atoms with Crippen LogP contribution in [-0.2, 0) is 0 Å². The number of anilines is 1. The molecule has 0 aliphatic rings. The van der Waals surface area contributed by atoms with Crippen LogP contribution in [0.25, 0.3) is 0 Å². The third-order valence-electron chi connectivity index (χ3n) is 2.66. The molecule has 0 aromatic heterocycles. The topological polar surface area (TPSA) is 49.3 Å². The number of nitrogens with one attached hydrogen (secondary N) is 1. The van der Waals surface area contributed by atoms with E-state index in [0.717, 1.165) is 6.07 Å². The summed E-state index contributed by atoms with van der Waals surface area (Å²) in [6.07, 6.45) is 0. The second kappa shape index (κ2) is 6.64. The van der Waals surface area contributed by atoms with Crippen molar-refractivity contribution in [3.63, 3.8) is 0 Å². The molecular formula is C16H11F2NO2. The third-order valence-corrected chi connectivity index (χ3v) is 2.66. The van der Waals surface area contributed by atoms with Crippen LogP contribution in [0.2, 0.25) is 0 Å². The lowest BCUT2D eigenvalue weighted by Gasteiger charge is -2.06. The average molecular weight is 287 g/mol. The fourth-order valence-corrected chi connectivity index (χ4v) is 1.65. The highest BCUT2D eigenvalue weighted by atomic mass is 19.1. The maximum atomic E-state index is 13.7. The van der Waals surface area contributed by atoms with Crippen LogP contribution in [0.15, 0.2) is 42.5 Å². The van der Waals surface area contributed by atoms with Crippen molar-refractivity contribution in [3.8, 4) is 11.8 Å². The summed E-state index contributed by atoms with van der Waals surface area (Å²) in [6.45, 7) is -0.380. The average Bonchev–Trinajstić information content (AvgIpc) is 2.48. The van der Waals surface area contributed by atoms with E-state index in [4.69, 9.17) is 5.11 Å². The van der Waals surface area contributed by atoms with E-state index in [0.29, 0.717) is 0 Å². The Bertz CT molecular complexity index is 733. The summed E-state index contributed by atoms with van der Waals surface area (Å²) in [6, 6.07) is 9.41. The van der Waals surface area contributed by atoms with Gasteiger partial charge in [0, 0.05) is 5.56 Å². The minimum absolute atomic E-state index is 0.0204. The van der Waals surface area contributed by atoms with E-state index in [9.17, 15) is 13.6 Å². The normalized spacial score (nSPS) is 9.67. The van der Waals surface area contributed by atoms with Gasteiger partial charge in [0.15, 0.2) is 0 Å². The number of carbonyl (C=O) groups excluding carboxylic acids is 1. The van der Waals surface area contributed by atoms with E-state index in [-0.39, 0.29) is 23.4 Å². The maximum Gasteiger partial charge on any atom is 0.255 e. The molecule has 0 saturated heterocycles. The number of carbonyl (C=O) groups is 1. The van der Waals surface area contributed by atoms with E-state index in [1.807, 2.05) is 0 Å². The van der Waals surface area contributed by atoms with Gasteiger partial charge in [-0.05, 0) is 30.3 Å². The van der Waals surface area contributed by atoms with Crippen molar-refractivity contribution >= 4 is 11.6 Å². The van der Waals surface area contributed by atoms with E-state index >= 15 is 0 Å². The number of hydrogen-bond acceptors (Lipinski definition) is 2. The zero-order valence-corrected chi connectivity index (χ0v) is 10.9. The molecule has 0 spiro atoms. The van der Waals surface area contributed by atoms with Gasteiger partial charge in [-0.15, -0.1) is 0 Å². The van der Waals surface area contributed by atoms with Gasteiger partial charge in [-0.2, -0.15) is 0 Å². The van der Waals surface area contributed by atoms with Crippen molar-refractivity contribution in [1.82, 2.24) is 0 Å². The van der Waals surface area contributed by atoms with Gasteiger partial charge in [0.2, 0.25) is 0 Å². The molecule has 1 amide bonds. The van der Waals surface area contributed by atoms with Gasteiger partial charge in [0.1, 0.15) is 18.2 Å². The fraction of sp³-hybridized carbons (Fsp3) is 0.0625. The number of para-hydroxylation sites is 1. The molecule has 0 saturated carbocycles. The highest BCUT2D eigenvalue weighted by molar-refractivity contribution is 6.04. The highest BCUT2D eigenvalue weighted by Gasteiger charge is 2.11. The molecule has 2 aromatic rings. The molecule has 0 aliphatic heterocycles. The SMILES string of the molecule is O=C(Nc1ccccc1F)c1ccc(C#CCO)c(F)c1. The first-order valence-electron chi connectivity index (χ1n) is 6.07. The summed E-state index contributed by atoms with van der Waals surface area (Å²) in [5.41, 5.74) is 0.142. The smallest absolute Gasteiger partial charge is 0.255 e. The highest BCUT2D eigenvalue weighted by Crippen LogP contribution is 2.15. The second-order valence-electron chi connectivity index (χ2n) is 4.09. The van der Waals surface area contributed by atoms with Crippen molar-refractivity contribution in [2.45, 2.75) is 0 Å². The number of hydrogen-bond donors (Lipinski definition) is 2. The van der Waals surface area contributed by atoms with Crippen LogP contribution in [0, 0.1) is 23.5 Å². The number of halogens is 2. The number of rotatable bonds is 2. The van der Waals surface area contributed by atoms with Crippen molar-refractivity contribution in [3.05, 3.63) is 65.2 Å². The summed E-state index contributed by atoms with van der Waals surface area (Å²) in [5.74, 6) is 2.86. The van der Waals surface area contributed by atoms with Gasteiger partial charge in [-0.3, -0.25) is 4.79 Å². The Morgan fingerprint density at radius 3 is 2.57 bits per heavy atom. The molecule has 0 fully saturated rings. The molecular weight excluding hydrogens is 276 g/mol. The number of aliphatic hydroxyl groups is 1. The standard InChI is InChI=1S/C16H11F2NO2/c17-13-5-1-2-6-15(13)19-16(21)12-8-7-11(4-3-9-20)14(18)10-12/h1-2,5-8,10,20H,9H2,(H,19,21). The van der Waals surface area contributed by atoms with Gasteiger partial charge in [-0.1, -0.05) is 24.0 Å². The minimum atomic E-state index is -0.683. The van der Waals surface area contributed by atoms with Crippen LogP contribution in [0.5, 0.6) is 0 Å². The zero-order valence-electron chi connectivity index (χ0n) is 10.9. The first-order valence-corrected chi connectivity index (χ1v) is 6.07. The van der Waals surface area contributed by atoms with Crippen LogP contribution in [-0.4, -0.2) is 17.6 Å². The van der Waals surface area contributed by atoms with Crippen molar-refractivity contribution in [2.75, 3.05) is 11.9 Å². The Balaban J connectivity index is 2.21. The minimum Gasteiger partial charge on any atom is -0.384 e. The monoisotopic (exact) mass is 287 g/mol. The van der Waals surface area contributed by atoms with Gasteiger partial charge in [0.05, 0.1) is 11.3 Å². The molecule has 2 aromatic carbocycles. The molecule has 0 bridgehead atoms. The first-order chi connectivity index (χ1) is 10.1. The van der Waals surface area contributed by atoms with Gasteiger partial charge in [-0.25, -0.2) is 8.78 Å². The van der Waals surface area contributed by atoms with Crippen LogP contribution in [0.1, 0.15) is 15.9 Å². The van der Waals surface area contributed by atoms with Gasteiger partial charge >= 0.3 is 0 Å². The number of amides is 1. The van der Waals surface area contributed by atoms with Gasteiger partial charge < -0.3 is 10.4 Å². The number of aliphatic hydroxyl groups excluding tert-OH is 1. The predicted molar refractivity (Wildman–Crippen MR) is 74.7 cm³/mol. The van der Waals surface area contributed by atoms with Crippen LogP contribution < -0.4 is 5.32 Å². The molecule has 0 aliphatic carbocycles. The van der Waals surface area contributed by atoms with E-state index in [1.165, 1.54) is 30.3 Å². The number of benzene rings is 2. The van der Waals surface area contributed by atoms with Crippen molar-refractivity contribution in [2.24, 2.45) is 0 Å². The molecule has 0 atom stereocenters. The summed E-state index contributed by atoms with van der Waals surface area (Å²) in [7, 11) is 0. The van der Waals surface area contributed by atoms with Crippen molar-refractivity contribution in [1.29, 1.82) is 0 Å².